The van der Waals surface area contributed by atoms with Crippen molar-refractivity contribution in [1.82, 2.24) is 9.97 Å². The molecule has 0 spiro atoms. The normalized spacial score (nSPS) is 7.50. The zero-order valence-corrected chi connectivity index (χ0v) is 3.57. The minimum atomic E-state index is -0.0394. The molecule has 0 radical (unpaired) electrons. The summed E-state index contributed by atoms with van der Waals surface area (Å²) in [5.41, 5.74) is 0. The first-order valence-electron chi connectivity index (χ1n) is 1.84. The number of hydrogen-bond donors (Lipinski definition) is 1. The highest BCUT2D eigenvalue weighted by Crippen LogP contribution is 1.92. The molecule has 0 aliphatic heterocycles. The van der Waals surface area contributed by atoms with Crippen molar-refractivity contribution < 1.29 is 5.11 Å². The molecule has 3 nitrogen and oxygen atoms in total. The van der Waals surface area contributed by atoms with Crippen LogP contribution < -0.4 is 0 Å². The molecule has 0 unspecified atom stereocenters. The van der Waals surface area contributed by atoms with Crippen LogP contribution in [0, 0.1) is 0 Å². The Morgan fingerprint density at radius 3 is 2.38 bits per heavy atom. The van der Waals surface area contributed by atoms with Crippen LogP contribution >= 0.6 is 0 Å². The summed E-state index contributed by atoms with van der Waals surface area (Å²) in [7, 11) is 0. The minimum absolute atomic E-state index is 0. The Hall–Kier alpha value is -0.588. The van der Waals surface area contributed by atoms with Crippen molar-refractivity contribution >= 4 is 17.4 Å². The molecule has 1 N–H and O–H groups in total. The van der Waals surface area contributed by atoms with E-state index in [4.69, 9.17) is 5.11 Å². The van der Waals surface area contributed by atoms with Crippen LogP contribution in [0.4, 0.5) is 0 Å². The average Bonchev–Trinajstić information content (AvgIpc) is 1.69. The summed E-state index contributed by atoms with van der Waals surface area (Å²) in [4.78, 5) is 7.04. The summed E-state index contributed by atoms with van der Waals surface area (Å²) < 4.78 is 0. The van der Waals surface area contributed by atoms with Crippen LogP contribution in [-0.2, 0) is 0 Å². The van der Waals surface area contributed by atoms with Crippen molar-refractivity contribution in [2.24, 2.45) is 0 Å². The number of rotatable bonds is 0. The van der Waals surface area contributed by atoms with E-state index in [1.54, 1.807) is 0 Å². The van der Waals surface area contributed by atoms with Crippen LogP contribution in [0.25, 0.3) is 0 Å². The maximum Gasteiger partial charge on any atom is 0.229 e. The molecule has 0 aliphatic rings. The summed E-state index contributed by atoms with van der Waals surface area (Å²) in [5, 5.41) is 8.46. The molecule has 1 aromatic heterocycles. The van der Waals surface area contributed by atoms with Gasteiger partial charge in [-0.3, -0.25) is 4.98 Å². The van der Waals surface area contributed by atoms with Crippen LogP contribution in [0.15, 0.2) is 18.6 Å². The molecule has 8 heavy (non-hydrogen) atoms. The summed E-state index contributed by atoms with van der Waals surface area (Å²) in [5.74, 6) is -0.0394. The maximum atomic E-state index is 8.46. The molecule has 0 saturated carbocycles. The van der Waals surface area contributed by atoms with Crippen molar-refractivity contribution in [3.05, 3.63) is 18.6 Å². The second kappa shape index (κ2) is 3.42. The Morgan fingerprint density at radius 1 is 1.38 bits per heavy atom. The number of aromatic hydroxyl groups is 1. The first-order valence-corrected chi connectivity index (χ1v) is 1.84. The second-order valence-electron chi connectivity index (χ2n) is 1.06. The third kappa shape index (κ3) is 1.92. The van der Waals surface area contributed by atoms with Gasteiger partial charge >= 0.3 is 0 Å². The van der Waals surface area contributed by atoms with Gasteiger partial charge in [0, 0.05) is 12.4 Å². The van der Waals surface area contributed by atoms with Crippen molar-refractivity contribution in [3.63, 3.8) is 0 Å². The van der Waals surface area contributed by atoms with Crippen LogP contribution in [0.2, 0.25) is 0 Å². The van der Waals surface area contributed by atoms with E-state index in [-0.39, 0.29) is 23.2 Å². The molecule has 0 atom stereocenters. The van der Waals surface area contributed by atoms with Crippen LogP contribution in [0.1, 0.15) is 0 Å². The van der Waals surface area contributed by atoms with E-state index in [9.17, 15) is 0 Å². The number of hydrogen-bond acceptors (Lipinski definition) is 3. The molecule has 0 bridgehead atoms. The molecule has 4 heteroatoms. The smallest absolute Gasteiger partial charge is 0.229 e. The fourth-order valence-electron chi connectivity index (χ4n) is 0.291. The highest BCUT2D eigenvalue weighted by molar-refractivity contribution is 5.75. The molecule has 0 aliphatic carbocycles. The van der Waals surface area contributed by atoms with Gasteiger partial charge in [-0.05, 0) is 0 Å². The molecule has 0 amide bonds. The summed E-state index contributed by atoms with van der Waals surface area (Å²) in [6.45, 7) is 0. The lowest BCUT2D eigenvalue weighted by Gasteiger charge is -1.81. The van der Waals surface area contributed by atoms with E-state index in [2.05, 4.69) is 9.97 Å². The Balaban J connectivity index is 0.000000490. The van der Waals surface area contributed by atoms with E-state index in [0.29, 0.717) is 0 Å². The monoisotopic (exact) mass is 126 g/mol. The largest absolute Gasteiger partial charge is 0.492 e. The van der Waals surface area contributed by atoms with Gasteiger partial charge < -0.3 is 5.11 Å². The van der Waals surface area contributed by atoms with Crippen LogP contribution in [0.5, 0.6) is 5.88 Å². The Kier molecular flexibility index (Phi) is 3.17. The fourth-order valence-corrected chi connectivity index (χ4v) is 0.291. The summed E-state index contributed by atoms with van der Waals surface area (Å²) in [6.07, 6.45) is 4.20. The van der Waals surface area contributed by atoms with Gasteiger partial charge in [-0.15, -0.1) is 0 Å². The maximum absolute atomic E-state index is 8.46. The molecule has 0 saturated heterocycles. The highest BCUT2D eigenvalue weighted by Gasteiger charge is 1.77. The Labute approximate surface area is 57.5 Å². The topological polar surface area (TPSA) is 46.0 Å². The van der Waals surface area contributed by atoms with Crippen LogP contribution in [-0.4, -0.2) is 32.4 Å². The van der Waals surface area contributed by atoms with E-state index in [1.807, 2.05) is 0 Å². The van der Waals surface area contributed by atoms with Gasteiger partial charge in [0.15, 0.2) is 17.4 Å². The molecular formula is C4H7AlN2O. The SMILES string of the molecule is Oc1cnccn1.[AlH3]. The third-order valence-electron chi connectivity index (χ3n) is 0.550. The van der Waals surface area contributed by atoms with E-state index in [1.165, 1.54) is 18.6 Å². The van der Waals surface area contributed by atoms with Gasteiger partial charge in [0.05, 0.1) is 6.20 Å². The first kappa shape index (κ1) is 7.41. The molecule has 1 rings (SSSR count). The highest BCUT2D eigenvalue weighted by atomic mass is 27.0. The van der Waals surface area contributed by atoms with Crippen LogP contribution in [0.3, 0.4) is 0 Å². The second-order valence-corrected chi connectivity index (χ2v) is 1.06. The molecule has 1 aromatic rings. The van der Waals surface area contributed by atoms with E-state index in [0.717, 1.165) is 0 Å². The number of aromatic nitrogens is 2. The van der Waals surface area contributed by atoms with Crippen molar-refractivity contribution in [1.29, 1.82) is 0 Å². The lowest BCUT2D eigenvalue weighted by atomic mass is 10.7. The standard InChI is InChI=1S/C4H4N2O.Al.3H/c7-4-3-5-1-2-6-4;;;;/h1-3H,(H,6,7);;;;. The average molecular weight is 126 g/mol. The van der Waals surface area contributed by atoms with Crippen molar-refractivity contribution in [3.8, 4) is 5.88 Å². The van der Waals surface area contributed by atoms with Crippen molar-refractivity contribution in [2.45, 2.75) is 0 Å². The van der Waals surface area contributed by atoms with Crippen molar-refractivity contribution in [2.75, 3.05) is 0 Å². The van der Waals surface area contributed by atoms with E-state index < -0.39 is 0 Å². The summed E-state index contributed by atoms with van der Waals surface area (Å²) in [6, 6.07) is 0. The molecule has 0 fully saturated rings. The first-order chi connectivity index (χ1) is 3.39. The van der Waals surface area contributed by atoms with Gasteiger partial charge in [0.1, 0.15) is 0 Å². The minimum Gasteiger partial charge on any atom is -0.492 e. The van der Waals surface area contributed by atoms with Gasteiger partial charge in [-0.2, -0.15) is 0 Å². The van der Waals surface area contributed by atoms with Gasteiger partial charge in [-0.1, -0.05) is 0 Å². The third-order valence-corrected chi connectivity index (χ3v) is 0.550. The summed E-state index contributed by atoms with van der Waals surface area (Å²) >= 11 is 0. The number of nitrogens with zero attached hydrogens (tertiary/aromatic N) is 2. The Bertz CT molecular complexity index is 144. The van der Waals surface area contributed by atoms with Gasteiger partial charge in [-0.25, -0.2) is 4.98 Å². The zero-order valence-electron chi connectivity index (χ0n) is 3.57. The zero-order chi connectivity index (χ0) is 5.11. The molecule has 0 aromatic carbocycles. The fraction of sp³-hybridized carbons (Fsp3) is 0. The Morgan fingerprint density at radius 2 is 2.12 bits per heavy atom. The molecular weight excluding hydrogens is 119 g/mol. The van der Waals surface area contributed by atoms with E-state index >= 15 is 0 Å². The van der Waals surface area contributed by atoms with Gasteiger partial charge in [0.2, 0.25) is 5.88 Å². The van der Waals surface area contributed by atoms with Gasteiger partial charge in [0.25, 0.3) is 0 Å². The predicted octanol–water partition coefficient (Wildman–Crippen LogP) is -1.00. The molecule has 42 valence electrons. The lowest BCUT2D eigenvalue weighted by molar-refractivity contribution is 0.450. The predicted molar refractivity (Wildman–Crippen MR) is 33.6 cm³/mol. The lowest BCUT2D eigenvalue weighted by Crippen LogP contribution is -1.71. The quantitative estimate of drug-likeness (QED) is 0.453. The molecule has 1 heterocycles.